The van der Waals surface area contributed by atoms with E-state index in [0.717, 1.165) is 16.5 Å². The van der Waals surface area contributed by atoms with Crippen LogP contribution in [0.15, 0.2) is 36.5 Å². The zero-order valence-corrected chi connectivity index (χ0v) is 7.90. The van der Waals surface area contributed by atoms with Crippen molar-refractivity contribution in [2.24, 2.45) is 5.73 Å². The third kappa shape index (κ3) is 2.12. The smallest absolute Gasteiger partial charge is 0.293 e. The number of hydrogen-bond donors (Lipinski definition) is 1. The van der Waals surface area contributed by atoms with E-state index < -0.39 is 5.91 Å². The summed E-state index contributed by atoms with van der Waals surface area (Å²) in [6, 6.07) is 9.41. The molecule has 1 aromatic carbocycles. The highest BCUT2D eigenvalue weighted by molar-refractivity contribution is 5.92. The van der Waals surface area contributed by atoms with Crippen LogP contribution in [0, 0.1) is 11.8 Å². The van der Waals surface area contributed by atoms with Gasteiger partial charge < -0.3 is 5.73 Å². The van der Waals surface area contributed by atoms with Gasteiger partial charge in [0.1, 0.15) is 0 Å². The van der Waals surface area contributed by atoms with Crippen LogP contribution in [0.5, 0.6) is 0 Å². The van der Waals surface area contributed by atoms with Crippen molar-refractivity contribution in [3.8, 4) is 11.8 Å². The maximum absolute atomic E-state index is 10.5. The molecule has 1 amide bonds. The van der Waals surface area contributed by atoms with Crippen LogP contribution in [-0.2, 0) is 4.79 Å². The van der Waals surface area contributed by atoms with Gasteiger partial charge in [-0.25, -0.2) is 0 Å². The second-order valence-corrected chi connectivity index (χ2v) is 3.03. The van der Waals surface area contributed by atoms with E-state index in [1.165, 1.54) is 0 Å². The molecule has 0 unspecified atom stereocenters. The Labute approximate surface area is 86.9 Å². The van der Waals surface area contributed by atoms with Crippen LogP contribution in [0.4, 0.5) is 0 Å². The largest absolute Gasteiger partial charge is 0.359 e. The maximum Gasteiger partial charge on any atom is 0.293 e. The summed E-state index contributed by atoms with van der Waals surface area (Å²) in [5, 5.41) is 1.04. The molecule has 2 N–H and O–H groups in total. The van der Waals surface area contributed by atoms with Crippen molar-refractivity contribution in [3.63, 3.8) is 0 Å². The minimum atomic E-state index is -0.629. The van der Waals surface area contributed by atoms with Crippen LogP contribution in [0.3, 0.4) is 0 Å². The average molecular weight is 196 g/mol. The number of fused-ring (bicyclic) bond motifs is 1. The van der Waals surface area contributed by atoms with Gasteiger partial charge in [-0.05, 0) is 24.1 Å². The summed E-state index contributed by atoms with van der Waals surface area (Å²) < 4.78 is 0. The summed E-state index contributed by atoms with van der Waals surface area (Å²) in [7, 11) is 0. The molecule has 0 bridgehead atoms. The average Bonchev–Trinajstić information content (AvgIpc) is 2.26. The van der Waals surface area contributed by atoms with Gasteiger partial charge in [0.2, 0.25) is 0 Å². The molecule has 0 aliphatic carbocycles. The fourth-order valence-electron chi connectivity index (χ4n) is 1.28. The minimum Gasteiger partial charge on any atom is -0.359 e. The number of aromatic nitrogens is 1. The van der Waals surface area contributed by atoms with Gasteiger partial charge in [0, 0.05) is 17.1 Å². The van der Waals surface area contributed by atoms with E-state index in [1.54, 1.807) is 6.20 Å². The van der Waals surface area contributed by atoms with Gasteiger partial charge in [-0.15, -0.1) is 0 Å². The van der Waals surface area contributed by atoms with E-state index in [4.69, 9.17) is 5.73 Å². The van der Waals surface area contributed by atoms with Crippen molar-refractivity contribution < 1.29 is 4.79 Å². The molecular formula is C12H8N2O. The zero-order valence-electron chi connectivity index (χ0n) is 7.90. The van der Waals surface area contributed by atoms with Crippen molar-refractivity contribution in [2.75, 3.05) is 0 Å². The third-order valence-electron chi connectivity index (χ3n) is 1.94. The normalized spacial score (nSPS) is 9.33. The number of benzene rings is 1. The predicted molar refractivity (Wildman–Crippen MR) is 57.8 cm³/mol. The van der Waals surface area contributed by atoms with Crippen molar-refractivity contribution in [2.45, 2.75) is 0 Å². The number of carbonyl (C=O) groups excluding carboxylic acids is 1. The summed E-state index contributed by atoms with van der Waals surface area (Å²) in [6.07, 6.45) is 1.72. The summed E-state index contributed by atoms with van der Waals surface area (Å²) >= 11 is 0. The lowest BCUT2D eigenvalue weighted by Crippen LogP contribution is -2.06. The Balaban J connectivity index is 2.49. The van der Waals surface area contributed by atoms with Crippen molar-refractivity contribution in [1.29, 1.82) is 0 Å². The number of nitrogens with zero attached hydrogens (tertiary/aromatic N) is 1. The van der Waals surface area contributed by atoms with Crippen molar-refractivity contribution in [3.05, 3.63) is 42.1 Å². The molecule has 0 fully saturated rings. The summed E-state index contributed by atoms with van der Waals surface area (Å²) in [4.78, 5) is 14.7. The predicted octanol–water partition coefficient (Wildman–Crippen LogP) is 1.07. The number of pyridine rings is 1. The lowest BCUT2D eigenvalue weighted by atomic mass is 10.1. The van der Waals surface area contributed by atoms with E-state index in [2.05, 4.69) is 16.8 Å². The number of primary amides is 1. The first-order valence-corrected chi connectivity index (χ1v) is 4.42. The SMILES string of the molecule is NC(=O)C#Cc1ccc2cccnc2c1. The molecule has 3 heteroatoms. The Morgan fingerprint density at radius 2 is 2.20 bits per heavy atom. The first kappa shape index (κ1) is 9.22. The topological polar surface area (TPSA) is 56.0 Å². The Bertz CT molecular complexity index is 579. The quantitative estimate of drug-likeness (QED) is 0.641. The molecule has 0 saturated carbocycles. The van der Waals surface area contributed by atoms with E-state index in [9.17, 15) is 4.79 Å². The van der Waals surface area contributed by atoms with Gasteiger partial charge in [0.15, 0.2) is 0 Å². The van der Waals surface area contributed by atoms with Crippen LogP contribution in [-0.4, -0.2) is 10.9 Å². The standard InChI is InChI=1S/C12H8N2O/c13-12(15)6-4-9-3-5-10-2-1-7-14-11(10)8-9/h1-3,5,7-8H,(H2,13,15). The molecule has 0 atom stereocenters. The highest BCUT2D eigenvalue weighted by atomic mass is 16.1. The number of amides is 1. The maximum atomic E-state index is 10.5. The van der Waals surface area contributed by atoms with Gasteiger partial charge >= 0.3 is 0 Å². The molecule has 0 spiro atoms. The van der Waals surface area contributed by atoms with Crippen LogP contribution >= 0.6 is 0 Å². The number of nitrogens with two attached hydrogens (primary N) is 1. The third-order valence-corrected chi connectivity index (χ3v) is 1.94. The molecule has 2 aromatic rings. The molecule has 3 nitrogen and oxygen atoms in total. The van der Waals surface area contributed by atoms with Gasteiger partial charge in [0.25, 0.3) is 5.91 Å². The molecule has 2 rings (SSSR count). The molecular weight excluding hydrogens is 188 g/mol. The first-order valence-electron chi connectivity index (χ1n) is 4.42. The van der Waals surface area contributed by atoms with E-state index >= 15 is 0 Å². The zero-order chi connectivity index (χ0) is 10.7. The van der Waals surface area contributed by atoms with Crippen LogP contribution in [0.1, 0.15) is 5.56 Å². The van der Waals surface area contributed by atoms with Crippen LogP contribution in [0.2, 0.25) is 0 Å². The second kappa shape index (κ2) is 3.81. The molecule has 0 aliphatic rings. The van der Waals surface area contributed by atoms with Gasteiger partial charge in [-0.3, -0.25) is 9.78 Å². The van der Waals surface area contributed by atoms with E-state index in [-0.39, 0.29) is 0 Å². The van der Waals surface area contributed by atoms with Crippen molar-refractivity contribution >= 4 is 16.8 Å². The van der Waals surface area contributed by atoms with Gasteiger partial charge in [-0.1, -0.05) is 18.1 Å². The second-order valence-electron chi connectivity index (χ2n) is 3.03. The fraction of sp³-hybridized carbons (Fsp3) is 0. The lowest BCUT2D eigenvalue weighted by molar-refractivity contribution is -0.112. The molecule has 15 heavy (non-hydrogen) atoms. The summed E-state index contributed by atoms with van der Waals surface area (Å²) in [5.74, 6) is 4.33. The summed E-state index contributed by atoms with van der Waals surface area (Å²) in [6.45, 7) is 0. The molecule has 1 aromatic heterocycles. The van der Waals surface area contributed by atoms with Gasteiger partial charge in [0.05, 0.1) is 5.52 Å². The number of hydrogen-bond acceptors (Lipinski definition) is 2. The van der Waals surface area contributed by atoms with Gasteiger partial charge in [-0.2, -0.15) is 0 Å². The monoisotopic (exact) mass is 196 g/mol. The Morgan fingerprint density at radius 3 is 3.00 bits per heavy atom. The summed E-state index contributed by atoms with van der Waals surface area (Å²) in [5.41, 5.74) is 6.52. The van der Waals surface area contributed by atoms with Crippen molar-refractivity contribution in [1.82, 2.24) is 4.98 Å². The fourth-order valence-corrected chi connectivity index (χ4v) is 1.28. The first-order chi connectivity index (χ1) is 7.25. The van der Waals surface area contributed by atoms with Crippen LogP contribution < -0.4 is 5.73 Å². The Kier molecular flexibility index (Phi) is 2.34. The number of rotatable bonds is 0. The van der Waals surface area contributed by atoms with Crippen LogP contribution in [0.25, 0.3) is 10.9 Å². The molecule has 72 valence electrons. The molecule has 0 aliphatic heterocycles. The molecule has 0 radical (unpaired) electrons. The molecule has 1 heterocycles. The van der Waals surface area contributed by atoms with E-state index in [1.807, 2.05) is 30.3 Å². The molecule has 0 saturated heterocycles. The highest BCUT2D eigenvalue weighted by Crippen LogP contribution is 2.12. The minimum absolute atomic E-state index is 0.629. The Morgan fingerprint density at radius 1 is 1.33 bits per heavy atom. The number of carbonyl (C=O) groups is 1. The Hall–Kier alpha value is -2.34. The van der Waals surface area contributed by atoms with E-state index in [0.29, 0.717) is 0 Å². The highest BCUT2D eigenvalue weighted by Gasteiger charge is 1.94. The lowest BCUT2D eigenvalue weighted by Gasteiger charge is -1.95.